The number of hydrogen-bond donors (Lipinski definition) is 1. The highest BCUT2D eigenvalue weighted by atomic mass is 32.1. The summed E-state index contributed by atoms with van der Waals surface area (Å²) in [6, 6.07) is 8.94. The molecule has 5 rings (SSSR count). The quantitative estimate of drug-likeness (QED) is 0.692. The molecule has 0 bridgehead atoms. The predicted octanol–water partition coefficient (Wildman–Crippen LogP) is 3.73. The molecule has 1 aromatic carbocycles. The van der Waals surface area contributed by atoms with Crippen molar-refractivity contribution < 1.29 is 4.39 Å². The standard InChI is InChI=1S/C21H23FN6S/c1-27-10-12-28(13-11-27)21-26-18(14-2-4-15(22)5-3-14)19(29-21)17-8-9-23-20(25-17)24-16-6-7-16/h2-5,8-9,16H,6-7,10-13H2,1H3,(H,23,24,25). The van der Waals surface area contributed by atoms with E-state index in [9.17, 15) is 4.39 Å². The molecule has 0 amide bonds. The summed E-state index contributed by atoms with van der Waals surface area (Å²) in [6.07, 6.45) is 4.13. The van der Waals surface area contributed by atoms with Gasteiger partial charge in [-0.25, -0.2) is 19.3 Å². The number of rotatable bonds is 5. The summed E-state index contributed by atoms with van der Waals surface area (Å²) in [4.78, 5) is 19.7. The highest BCUT2D eigenvalue weighted by Crippen LogP contribution is 2.40. The molecule has 1 aliphatic carbocycles. The molecule has 2 aliphatic rings. The normalized spacial score (nSPS) is 17.5. The summed E-state index contributed by atoms with van der Waals surface area (Å²) >= 11 is 1.65. The molecule has 3 aromatic rings. The molecule has 150 valence electrons. The molecule has 1 saturated heterocycles. The van der Waals surface area contributed by atoms with Crippen molar-refractivity contribution >= 4 is 22.4 Å². The zero-order valence-electron chi connectivity index (χ0n) is 16.3. The third-order valence-electron chi connectivity index (χ3n) is 5.31. The maximum Gasteiger partial charge on any atom is 0.223 e. The lowest BCUT2D eigenvalue weighted by molar-refractivity contribution is 0.313. The summed E-state index contributed by atoms with van der Waals surface area (Å²) in [5.74, 6) is 0.410. The monoisotopic (exact) mass is 410 g/mol. The van der Waals surface area contributed by atoms with Crippen LogP contribution in [-0.2, 0) is 0 Å². The van der Waals surface area contributed by atoms with Crippen LogP contribution in [0.3, 0.4) is 0 Å². The van der Waals surface area contributed by atoms with Crippen LogP contribution < -0.4 is 10.2 Å². The van der Waals surface area contributed by atoms with E-state index in [2.05, 4.69) is 27.1 Å². The van der Waals surface area contributed by atoms with Crippen molar-refractivity contribution in [2.75, 3.05) is 43.4 Å². The average Bonchev–Trinajstić information content (AvgIpc) is 3.44. The smallest absolute Gasteiger partial charge is 0.223 e. The van der Waals surface area contributed by atoms with Crippen LogP contribution in [0.4, 0.5) is 15.5 Å². The van der Waals surface area contributed by atoms with Crippen molar-refractivity contribution in [2.45, 2.75) is 18.9 Å². The molecular formula is C21H23FN6S. The third-order valence-corrected chi connectivity index (χ3v) is 6.44. The average molecular weight is 411 g/mol. The number of aromatic nitrogens is 3. The molecule has 0 unspecified atom stereocenters. The Bertz CT molecular complexity index is 993. The van der Waals surface area contributed by atoms with Gasteiger partial charge in [0.1, 0.15) is 5.82 Å². The number of nitrogens with one attached hydrogen (secondary N) is 1. The molecule has 2 aromatic heterocycles. The van der Waals surface area contributed by atoms with Crippen molar-refractivity contribution in [3.63, 3.8) is 0 Å². The van der Waals surface area contributed by atoms with Crippen LogP contribution in [0.2, 0.25) is 0 Å². The summed E-state index contributed by atoms with van der Waals surface area (Å²) in [5.41, 5.74) is 2.59. The van der Waals surface area contributed by atoms with Crippen molar-refractivity contribution in [3.8, 4) is 21.8 Å². The highest BCUT2D eigenvalue weighted by molar-refractivity contribution is 7.19. The fraction of sp³-hybridized carbons (Fsp3) is 0.381. The van der Waals surface area contributed by atoms with E-state index >= 15 is 0 Å². The second-order valence-electron chi connectivity index (χ2n) is 7.66. The van der Waals surface area contributed by atoms with Gasteiger partial charge in [0, 0.05) is 44.0 Å². The van der Waals surface area contributed by atoms with E-state index in [4.69, 9.17) is 9.97 Å². The van der Waals surface area contributed by atoms with Gasteiger partial charge in [-0.2, -0.15) is 0 Å². The van der Waals surface area contributed by atoms with Crippen LogP contribution in [0, 0.1) is 5.82 Å². The lowest BCUT2D eigenvalue weighted by Gasteiger charge is -2.32. The molecule has 1 saturated carbocycles. The minimum Gasteiger partial charge on any atom is -0.351 e. The summed E-state index contributed by atoms with van der Waals surface area (Å²) in [6.45, 7) is 3.93. The molecule has 0 spiro atoms. The first-order valence-corrected chi connectivity index (χ1v) is 10.8. The molecule has 6 nitrogen and oxygen atoms in total. The van der Waals surface area contributed by atoms with E-state index in [1.54, 1.807) is 29.7 Å². The fourth-order valence-corrected chi connectivity index (χ4v) is 4.49. The van der Waals surface area contributed by atoms with E-state index < -0.39 is 0 Å². The number of likely N-dealkylation sites (N-methyl/N-ethyl adjacent to an activating group) is 1. The first kappa shape index (κ1) is 18.4. The zero-order valence-corrected chi connectivity index (χ0v) is 17.1. The van der Waals surface area contributed by atoms with Gasteiger partial charge in [0.25, 0.3) is 0 Å². The van der Waals surface area contributed by atoms with Gasteiger partial charge < -0.3 is 15.1 Å². The molecule has 8 heteroatoms. The van der Waals surface area contributed by atoms with Gasteiger partial charge in [-0.1, -0.05) is 11.3 Å². The fourth-order valence-electron chi connectivity index (χ4n) is 3.38. The topological polar surface area (TPSA) is 57.2 Å². The number of hydrogen-bond acceptors (Lipinski definition) is 7. The van der Waals surface area contributed by atoms with Crippen molar-refractivity contribution in [2.24, 2.45) is 0 Å². The number of anilines is 2. The van der Waals surface area contributed by atoms with Gasteiger partial charge in [-0.15, -0.1) is 0 Å². The van der Waals surface area contributed by atoms with Crippen LogP contribution in [0.25, 0.3) is 21.8 Å². The second kappa shape index (κ2) is 7.68. The summed E-state index contributed by atoms with van der Waals surface area (Å²) in [5, 5.41) is 4.35. The number of piperazine rings is 1. The Morgan fingerprint density at radius 2 is 1.79 bits per heavy atom. The summed E-state index contributed by atoms with van der Waals surface area (Å²) in [7, 11) is 2.14. The van der Waals surface area contributed by atoms with Gasteiger partial charge in [0.05, 0.1) is 16.3 Å². The van der Waals surface area contributed by atoms with Gasteiger partial charge in [0.15, 0.2) is 5.13 Å². The molecule has 1 N–H and O–H groups in total. The molecule has 3 heterocycles. The van der Waals surface area contributed by atoms with Crippen LogP contribution in [-0.4, -0.2) is 59.1 Å². The molecule has 29 heavy (non-hydrogen) atoms. The van der Waals surface area contributed by atoms with Crippen LogP contribution in [0.5, 0.6) is 0 Å². The largest absolute Gasteiger partial charge is 0.351 e. The molecule has 2 fully saturated rings. The Morgan fingerprint density at radius 3 is 2.52 bits per heavy atom. The van der Waals surface area contributed by atoms with E-state index in [-0.39, 0.29) is 5.82 Å². The Hall–Kier alpha value is -2.58. The molecule has 0 radical (unpaired) electrons. The maximum atomic E-state index is 13.5. The third kappa shape index (κ3) is 4.09. The lowest BCUT2D eigenvalue weighted by Crippen LogP contribution is -2.44. The van der Waals surface area contributed by atoms with Crippen molar-refractivity contribution in [1.82, 2.24) is 19.9 Å². The zero-order chi connectivity index (χ0) is 19.8. The number of benzene rings is 1. The molecule has 1 aliphatic heterocycles. The maximum absolute atomic E-state index is 13.5. The minimum atomic E-state index is -0.247. The van der Waals surface area contributed by atoms with E-state index in [0.29, 0.717) is 12.0 Å². The van der Waals surface area contributed by atoms with Crippen molar-refractivity contribution in [3.05, 3.63) is 42.3 Å². The number of halogens is 1. The Morgan fingerprint density at radius 1 is 1.03 bits per heavy atom. The van der Waals surface area contributed by atoms with Crippen LogP contribution in [0.15, 0.2) is 36.5 Å². The highest BCUT2D eigenvalue weighted by Gasteiger charge is 2.24. The van der Waals surface area contributed by atoms with Crippen molar-refractivity contribution in [1.29, 1.82) is 0 Å². The van der Waals surface area contributed by atoms with Crippen LogP contribution >= 0.6 is 11.3 Å². The van der Waals surface area contributed by atoms with Gasteiger partial charge in [0.2, 0.25) is 5.95 Å². The predicted molar refractivity (Wildman–Crippen MR) is 115 cm³/mol. The van der Waals surface area contributed by atoms with E-state index in [1.807, 2.05) is 6.07 Å². The van der Waals surface area contributed by atoms with Gasteiger partial charge in [-0.05, 0) is 50.2 Å². The Kier molecular flexibility index (Phi) is 4.89. The Labute approximate surface area is 173 Å². The Balaban J connectivity index is 1.54. The first-order valence-electron chi connectivity index (χ1n) is 9.96. The van der Waals surface area contributed by atoms with Crippen LogP contribution in [0.1, 0.15) is 12.8 Å². The van der Waals surface area contributed by atoms with Gasteiger partial charge in [-0.3, -0.25) is 0 Å². The van der Waals surface area contributed by atoms with E-state index in [1.165, 1.54) is 25.0 Å². The van der Waals surface area contributed by atoms with E-state index in [0.717, 1.165) is 53.1 Å². The lowest BCUT2D eigenvalue weighted by atomic mass is 10.1. The molecular weight excluding hydrogens is 387 g/mol. The SMILES string of the molecule is CN1CCN(c2nc(-c3ccc(F)cc3)c(-c3ccnc(NC4CC4)n3)s2)CC1. The second-order valence-corrected chi connectivity index (χ2v) is 8.63. The summed E-state index contributed by atoms with van der Waals surface area (Å²) < 4.78 is 13.5. The number of nitrogens with zero attached hydrogens (tertiary/aromatic N) is 5. The first-order chi connectivity index (χ1) is 14.2. The molecule has 0 atom stereocenters. The number of thiazole rings is 1. The van der Waals surface area contributed by atoms with Gasteiger partial charge >= 0.3 is 0 Å². The minimum absolute atomic E-state index is 0.247.